The zero-order valence-electron chi connectivity index (χ0n) is 12.8. The second kappa shape index (κ2) is 6.87. The van der Waals surface area contributed by atoms with Gasteiger partial charge >= 0.3 is 0 Å². The van der Waals surface area contributed by atoms with E-state index in [2.05, 4.69) is 41.1 Å². The quantitative estimate of drug-likeness (QED) is 0.753. The Balaban J connectivity index is 2.02. The third-order valence-corrected chi connectivity index (χ3v) is 3.80. The highest BCUT2D eigenvalue weighted by molar-refractivity contribution is 5.88. The van der Waals surface area contributed by atoms with Gasteiger partial charge in [-0.05, 0) is 29.3 Å². The van der Waals surface area contributed by atoms with Gasteiger partial charge in [0.1, 0.15) is 0 Å². The van der Waals surface area contributed by atoms with Crippen LogP contribution in [0.5, 0.6) is 0 Å². The molecule has 3 rings (SSSR count). The number of benzene rings is 2. The number of rotatable bonds is 4. The van der Waals surface area contributed by atoms with E-state index in [1.807, 2.05) is 42.5 Å². The molecule has 0 saturated carbocycles. The Morgan fingerprint density at radius 2 is 1.91 bits per heavy atom. The Hall–Kier alpha value is -2.96. The summed E-state index contributed by atoms with van der Waals surface area (Å²) in [7, 11) is 0. The summed E-state index contributed by atoms with van der Waals surface area (Å²) in [6, 6.07) is 20.2. The van der Waals surface area contributed by atoms with Crippen molar-refractivity contribution in [1.82, 2.24) is 0 Å². The molecule has 23 heavy (non-hydrogen) atoms. The summed E-state index contributed by atoms with van der Waals surface area (Å²) in [6.45, 7) is 1.42. The van der Waals surface area contributed by atoms with Crippen molar-refractivity contribution in [3.8, 4) is 6.07 Å². The van der Waals surface area contributed by atoms with Gasteiger partial charge in [-0.25, -0.2) is 0 Å². The summed E-state index contributed by atoms with van der Waals surface area (Å²) in [4.78, 5) is 0. The van der Waals surface area contributed by atoms with Crippen molar-refractivity contribution in [3.05, 3.63) is 77.5 Å². The molecule has 1 heterocycles. The van der Waals surface area contributed by atoms with Crippen molar-refractivity contribution in [2.45, 2.75) is 6.54 Å². The molecule has 0 radical (unpaired) electrons. The van der Waals surface area contributed by atoms with Gasteiger partial charge in [-0.3, -0.25) is 0 Å². The van der Waals surface area contributed by atoms with Gasteiger partial charge in [0.05, 0.1) is 23.6 Å². The molecule has 0 bridgehead atoms. The molecule has 3 nitrogen and oxygen atoms in total. The lowest BCUT2D eigenvalue weighted by atomic mass is 10.1. The summed E-state index contributed by atoms with van der Waals surface area (Å²) in [6.07, 6.45) is 6.20. The number of hydrogen-bond donors (Lipinski definition) is 1. The Morgan fingerprint density at radius 3 is 2.74 bits per heavy atom. The maximum atomic E-state index is 8.98. The Kier molecular flexibility index (Phi) is 4.46. The predicted molar refractivity (Wildman–Crippen MR) is 93.3 cm³/mol. The molecule has 3 aromatic rings. The van der Waals surface area contributed by atoms with Crippen LogP contribution in [0, 0.1) is 11.3 Å². The normalized spacial score (nSPS) is 11.0. The van der Waals surface area contributed by atoms with Crippen LogP contribution < -0.4 is 10.3 Å². The van der Waals surface area contributed by atoms with Crippen LogP contribution in [0.25, 0.3) is 23.1 Å². The first-order valence-corrected chi connectivity index (χ1v) is 7.61. The highest BCUT2D eigenvalue weighted by atomic mass is 15.0. The lowest BCUT2D eigenvalue weighted by Crippen LogP contribution is -2.37. The molecule has 0 saturated heterocycles. The first-order chi connectivity index (χ1) is 11.3. The molecule has 2 N–H and O–H groups in total. The monoisotopic (exact) mass is 300 g/mol. The van der Waals surface area contributed by atoms with E-state index in [0.717, 1.165) is 17.7 Å². The number of fused-ring (bicyclic) bond motifs is 1. The van der Waals surface area contributed by atoms with Crippen LogP contribution in [-0.4, -0.2) is 6.54 Å². The Bertz CT molecular complexity index is 904. The van der Waals surface area contributed by atoms with Crippen LogP contribution in [0.15, 0.2) is 60.8 Å². The van der Waals surface area contributed by atoms with Gasteiger partial charge in [0, 0.05) is 12.1 Å². The van der Waals surface area contributed by atoms with Gasteiger partial charge in [-0.1, -0.05) is 36.4 Å². The standard InChI is InChI=1S/C20H18N3/c21-11-13-23-12-10-18(19-6-1-2-7-20(19)23)9-8-16-4-3-5-17(14-16)15-22/h1-10,12,14H,11,13,21H2/q+1/b9-8+. The predicted octanol–water partition coefficient (Wildman–Crippen LogP) is 3.13. The first-order valence-electron chi connectivity index (χ1n) is 7.61. The number of para-hydroxylation sites is 1. The summed E-state index contributed by atoms with van der Waals surface area (Å²) in [5, 5.41) is 10.2. The molecule has 0 atom stereocenters. The molecule has 2 aromatic carbocycles. The molecular formula is C20H18N3+. The lowest BCUT2D eigenvalue weighted by molar-refractivity contribution is -0.668. The van der Waals surface area contributed by atoms with E-state index in [0.29, 0.717) is 12.1 Å². The summed E-state index contributed by atoms with van der Waals surface area (Å²) in [5.74, 6) is 0. The summed E-state index contributed by atoms with van der Waals surface area (Å²) in [5.41, 5.74) is 9.70. The van der Waals surface area contributed by atoms with Crippen LogP contribution in [-0.2, 0) is 6.54 Å². The maximum Gasteiger partial charge on any atom is 0.213 e. The topological polar surface area (TPSA) is 53.7 Å². The van der Waals surface area contributed by atoms with Crippen LogP contribution in [0.2, 0.25) is 0 Å². The van der Waals surface area contributed by atoms with Gasteiger partial charge in [-0.15, -0.1) is 0 Å². The van der Waals surface area contributed by atoms with E-state index in [4.69, 9.17) is 11.0 Å². The molecule has 112 valence electrons. The van der Waals surface area contributed by atoms with Crippen molar-refractivity contribution in [1.29, 1.82) is 5.26 Å². The summed E-state index contributed by atoms with van der Waals surface area (Å²) < 4.78 is 2.17. The zero-order valence-corrected chi connectivity index (χ0v) is 12.8. The van der Waals surface area contributed by atoms with E-state index >= 15 is 0 Å². The second-order valence-corrected chi connectivity index (χ2v) is 5.34. The molecule has 3 heteroatoms. The van der Waals surface area contributed by atoms with Gasteiger partial charge in [-0.2, -0.15) is 9.83 Å². The van der Waals surface area contributed by atoms with Crippen molar-refractivity contribution >= 4 is 23.1 Å². The van der Waals surface area contributed by atoms with Crippen molar-refractivity contribution < 1.29 is 4.57 Å². The van der Waals surface area contributed by atoms with E-state index in [1.54, 1.807) is 0 Å². The van der Waals surface area contributed by atoms with Crippen LogP contribution in [0.3, 0.4) is 0 Å². The van der Waals surface area contributed by atoms with Gasteiger partial charge in [0.25, 0.3) is 0 Å². The molecule has 1 aromatic heterocycles. The molecule has 0 aliphatic heterocycles. The minimum Gasteiger partial charge on any atom is -0.325 e. The second-order valence-electron chi connectivity index (χ2n) is 5.34. The smallest absolute Gasteiger partial charge is 0.213 e. The molecule has 0 amide bonds. The SMILES string of the molecule is N#Cc1cccc(/C=C/c2cc[n+](CCN)c3ccccc23)c1. The van der Waals surface area contributed by atoms with Crippen LogP contribution in [0.1, 0.15) is 16.7 Å². The minimum absolute atomic E-state index is 0.616. The molecule has 0 fully saturated rings. The number of nitrogens with two attached hydrogens (primary N) is 1. The largest absolute Gasteiger partial charge is 0.325 e. The number of aromatic nitrogens is 1. The van der Waals surface area contributed by atoms with E-state index in [-0.39, 0.29) is 0 Å². The average Bonchev–Trinajstić information content (AvgIpc) is 2.61. The fourth-order valence-electron chi connectivity index (χ4n) is 2.69. The third kappa shape index (κ3) is 3.28. The van der Waals surface area contributed by atoms with Gasteiger partial charge in [0.15, 0.2) is 12.7 Å². The maximum absolute atomic E-state index is 8.98. The number of nitriles is 1. The third-order valence-electron chi connectivity index (χ3n) is 3.80. The summed E-state index contributed by atoms with van der Waals surface area (Å²) >= 11 is 0. The zero-order chi connectivity index (χ0) is 16.1. The van der Waals surface area contributed by atoms with E-state index in [1.165, 1.54) is 10.9 Å². The van der Waals surface area contributed by atoms with Gasteiger partial charge < -0.3 is 5.73 Å². The molecule has 0 unspecified atom stereocenters. The number of hydrogen-bond acceptors (Lipinski definition) is 2. The fraction of sp³-hybridized carbons (Fsp3) is 0.100. The minimum atomic E-state index is 0.616. The average molecular weight is 300 g/mol. The van der Waals surface area contributed by atoms with Crippen LogP contribution in [0.4, 0.5) is 0 Å². The Labute approximate surface area is 135 Å². The number of nitrogens with zero attached hydrogens (tertiary/aromatic N) is 2. The lowest BCUT2D eigenvalue weighted by Gasteiger charge is -2.03. The van der Waals surface area contributed by atoms with E-state index in [9.17, 15) is 0 Å². The Morgan fingerprint density at radius 1 is 1.04 bits per heavy atom. The van der Waals surface area contributed by atoms with Crippen molar-refractivity contribution in [2.75, 3.05) is 6.54 Å². The van der Waals surface area contributed by atoms with Crippen molar-refractivity contribution in [2.24, 2.45) is 5.73 Å². The number of pyridine rings is 1. The van der Waals surface area contributed by atoms with Gasteiger partial charge in [0.2, 0.25) is 5.52 Å². The first kappa shape index (κ1) is 15.0. The highest BCUT2D eigenvalue weighted by Gasteiger charge is 2.09. The highest BCUT2D eigenvalue weighted by Crippen LogP contribution is 2.18. The molecule has 0 aliphatic rings. The van der Waals surface area contributed by atoms with Crippen LogP contribution >= 0.6 is 0 Å². The molecule has 0 spiro atoms. The van der Waals surface area contributed by atoms with Crippen molar-refractivity contribution in [3.63, 3.8) is 0 Å². The molecular weight excluding hydrogens is 282 g/mol. The molecule has 0 aliphatic carbocycles. The fourth-order valence-corrected chi connectivity index (χ4v) is 2.69. The van der Waals surface area contributed by atoms with E-state index < -0.39 is 0 Å².